The average molecular weight is 241 g/mol. The van der Waals surface area contributed by atoms with E-state index in [0.29, 0.717) is 0 Å². The summed E-state index contributed by atoms with van der Waals surface area (Å²) in [5.74, 6) is 0. The number of aromatic nitrogens is 1. The van der Waals surface area contributed by atoms with Crippen molar-refractivity contribution in [2.75, 3.05) is 26.2 Å². The minimum Gasteiger partial charge on any atom is -0.308 e. The van der Waals surface area contributed by atoms with Crippen LogP contribution in [0, 0.1) is 0 Å². The SMILES string of the molecule is CCN(CC)P(N(CC)CC)n1cccc1. The van der Waals surface area contributed by atoms with E-state index in [-0.39, 0.29) is 8.37 Å². The summed E-state index contributed by atoms with van der Waals surface area (Å²) in [7, 11) is -0.363. The summed E-state index contributed by atoms with van der Waals surface area (Å²) < 4.78 is 7.44. The fourth-order valence-electron chi connectivity index (χ4n) is 1.87. The van der Waals surface area contributed by atoms with Crippen molar-refractivity contribution in [3.8, 4) is 0 Å². The molecule has 92 valence electrons. The van der Waals surface area contributed by atoms with Gasteiger partial charge >= 0.3 is 0 Å². The highest BCUT2D eigenvalue weighted by Crippen LogP contribution is 2.44. The van der Waals surface area contributed by atoms with E-state index < -0.39 is 0 Å². The van der Waals surface area contributed by atoms with E-state index in [9.17, 15) is 0 Å². The van der Waals surface area contributed by atoms with Crippen LogP contribution in [0.4, 0.5) is 0 Å². The lowest BCUT2D eigenvalue weighted by Gasteiger charge is -2.37. The van der Waals surface area contributed by atoms with Gasteiger partial charge in [-0.3, -0.25) is 9.34 Å². The highest BCUT2D eigenvalue weighted by atomic mass is 31.2. The molecule has 1 aromatic rings. The summed E-state index contributed by atoms with van der Waals surface area (Å²) in [4.78, 5) is 0. The van der Waals surface area contributed by atoms with Crippen LogP contribution in [0.1, 0.15) is 27.7 Å². The van der Waals surface area contributed by atoms with Crippen molar-refractivity contribution >= 4 is 8.37 Å². The molecule has 0 unspecified atom stereocenters. The molecule has 16 heavy (non-hydrogen) atoms. The van der Waals surface area contributed by atoms with E-state index in [1.165, 1.54) is 0 Å². The van der Waals surface area contributed by atoms with Crippen molar-refractivity contribution in [1.29, 1.82) is 0 Å². The van der Waals surface area contributed by atoms with Crippen LogP contribution >= 0.6 is 8.37 Å². The molecule has 1 aromatic heterocycles. The summed E-state index contributed by atoms with van der Waals surface area (Å²) in [5.41, 5.74) is 0. The van der Waals surface area contributed by atoms with E-state index in [4.69, 9.17) is 0 Å². The molecule has 3 nitrogen and oxygen atoms in total. The smallest absolute Gasteiger partial charge is 0.153 e. The third-order valence-electron chi connectivity index (χ3n) is 2.76. The van der Waals surface area contributed by atoms with Gasteiger partial charge in [0.2, 0.25) is 0 Å². The molecule has 0 fully saturated rings. The Morgan fingerprint density at radius 1 is 0.812 bits per heavy atom. The fourth-order valence-corrected chi connectivity index (χ4v) is 4.22. The van der Waals surface area contributed by atoms with Crippen molar-refractivity contribution in [3.05, 3.63) is 24.5 Å². The summed E-state index contributed by atoms with van der Waals surface area (Å²) in [6, 6.07) is 4.23. The summed E-state index contributed by atoms with van der Waals surface area (Å²) in [6.45, 7) is 13.4. The first kappa shape index (κ1) is 13.7. The quantitative estimate of drug-likeness (QED) is 0.679. The molecule has 1 heterocycles. The molecule has 0 aliphatic carbocycles. The van der Waals surface area contributed by atoms with Gasteiger partial charge in [-0.2, -0.15) is 0 Å². The van der Waals surface area contributed by atoms with Gasteiger partial charge in [-0.25, -0.2) is 0 Å². The highest BCUT2D eigenvalue weighted by molar-refractivity contribution is 7.51. The van der Waals surface area contributed by atoms with Crippen molar-refractivity contribution in [2.45, 2.75) is 27.7 Å². The lowest BCUT2D eigenvalue weighted by Crippen LogP contribution is -2.31. The van der Waals surface area contributed by atoms with Crippen molar-refractivity contribution in [3.63, 3.8) is 0 Å². The monoisotopic (exact) mass is 241 g/mol. The third kappa shape index (κ3) is 3.07. The Kier molecular flexibility index (Phi) is 6.04. The molecule has 0 saturated carbocycles. The van der Waals surface area contributed by atoms with E-state index in [1.807, 2.05) is 0 Å². The van der Waals surface area contributed by atoms with Gasteiger partial charge in [0.15, 0.2) is 8.37 Å². The maximum absolute atomic E-state index is 2.54. The predicted molar refractivity (Wildman–Crippen MR) is 72.6 cm³/mol. The molecular weight excluding hydrogens is 217 g/mol. The molecule has 0 N–H and O–H groups in total. The number of rotatable bonds is 7. The van der Waals surface area contributed by atoms with Crippen LogP contribution < -0.4 is 0 Å². The largest absolute Gasteiger partial charge is 0.308 e. The predicted octanol–water partition coefficient (Wildman–Crippen LogP) is 3.25. The van der Waals surface area contributed by atoms with Gasteiger partial charge in [0, 0.05) is 38.6 Å². The second-order valence-corrected chi connectivity index (χ2v) is 5.74. The molecule has 0 aliphatic heterocycles. The molecule has 0 bridgehead atoms. The first-order valence-corrected chi connectivity index (χ1v) is 7.41. The second kappa shape index (κ2) is 7.05. The molecule has 0 radical (unpaired) electrons. The van der Waals surface area contributed by atoms with Crippen LogP contribution in [0.15, 0.2) is 24.5 Å². The minimum absolute atomic E-state index is 0.363. The molecule has 0 aliphatic rings. The number of hydrogen-bond acceptors (Lipinski definition) is 2. The molecule has 4 heteroatoms. The van der Waals surface area contributed by atoms with Gasteiger partial charge in [0.25, 0.3) is 0 Å². The van der Waals surface area contributed by atoms with Crippen LogP contribution in [0.25, 0.3) is 0 Å². The second-order valence-electron chi connectivity index (χ2n) is 3.61. The Bertz CT molecular complexity index is 254. The van der Waals surface area contributed by atoms with E-state index in [1.54, 1.807) is 0 Å². The van der Waals surface area contributed by atoms with Crippen molar-refractivity contribution in [1.82, 2.24) is 13.7 Å². The number of nitrogens with zero attached hydrogens (tertiary/aromatic N) is 3. The fraction of sp³-hybridized carbons (Fsp3) is 0.667. The lowest BCUT2D eigenvalue weighted by atomic mass is 10.7. The van der Waals surface area contributed by atoms with Gasteiger partial charge in [0.05, 0.1) is 0 Å². The van der Waals surface area contributed by atoms with E-state index >= 15 is 0 Å². The topological polar surface area (TPSA) is 11.4 Å². The Morgan fingerprint density at radius 2 is 1.19 bits per heavy atom. The van der Waals surface area contributed by atoms with E-state index in [2.05, 4.69) is 65.9 Å². The van der Waals surface area contributed by atoms with Gasteiger partial charge in [-0.15, -0.1) is 0 Å². The van der Waals surface area contributed by atoms with Gasteiger partial charge in [-0.1, -0.05) is 27.7 Å². The first-order valence-electron chi connectivity index (χ1n) is 6.21. The maximum atomic E-state index is 2.54. The zero-order valence-corrected chi connectivity index (χ0v) is 11.8. The molecule has 0 atom stereocenters. The lowest BCUT2D eigenvalue weighted by molar-refractivity contribution is 0.416. The zero-order valence-electron chi connectivity index (χ0n) is 10.9. The zero-order chi connectivity index (χ0) is 12.0. The highest BCUT2D eigenvalue weighted by Gasteiger charge is 2.22. The Labute approximate surface area is 101 Å². The third-order valence-corrected chi connectivity index (χ3v) is 5.58. The molecule has 0 spiro atoms. The Morgan fingerprint density at radius 3 is 1.50 bits per heavy atom. The minimum atomic E-state index is -0.363. The standard InChI is InChI=1S/C12H24N3P/c1-5-13(6-2)16(14(7-3)8-4)15-11-9-10-12-15/h9-12H,5-8H2,1-4H3. The molecule has 0 amide bonds. The Balaban J connectivity index is 2.92. The molecular formula is C12H24N3P. The number of hydrogen-bond donors (Lipinski definition) is 0. The van der Waals surface area contributed by atoms with Crippen molar-refractivity contribution in [2.24, 2.45) is 0 Å². The first-order chi connectivity index (χ1) is 7.78. The Hall–Kier alpha value is -0.370. The van der Waals surface area contributed by atoms with E-state index in [0.717, 1.165) is 26.2 Å². The molecule has 0 aromatic carbocycles. The van der Waals surface area contributed by atoms with Gasteiger partial charge in [0.1, 0.15) is 0 Å². The summed E-state index contributed by atoms with van der Waals surface area (Å²) in [6.07, 6.45) is 4.37. The van der Waals surface area contributed by atoms with Crippen LogP contribution in [-0.2, 0) is 0 Å². The van der Waals surface area contributed by atoms with Crippen LogP contribution in [-0.4, -0.2) is 39.9 Å². The summed E-state index contributed by atoms with van der Waals surface area (Å²) >= 11 is 0. The van der Waals surface area contributed by atoms with Gasteiger partial charge in [-0.05, 0) is 12.1 Å². The van der Waals surface area contributed by atoms with Crippen LogP contribution in [0.5, 0.6) is 0 Å². The normalized spacial score (nSPS) is 11.9. The van der Waals surface area contributed by atoms with Crippen LogP contribution in [0.2, 0.25) is 0 Å². The van der Waals surface area contributed by atoms with Gasteiger partial charge < -0.3 is 4.34 Å². The molecule has 1 rings (SSSR count). The maximum Gasteiger partial charge on any atom is 0.153 e. The summed E-state index contributed by atoms with van der Waals surface area (Å²) in [5, 5.41) is 0. The van der Waals surface area contributed by atoms with Crippen LogP contribution in [0.3, 0.4) is 0 Å². The average Bonchev–Trinajstić information content (AvgIpc) is 2.83. The molecule has 0 saturated heterocycles. The van der Waals surface area contributed by atoms with Crippen molar-refractivity contribution < 1.29 is 0 Å².